The zero-order valence-corrected chi connectivity index (χ0v) is 13.3. The summed E-state index contributed by atoms with van der Waals surface area (Å²) in [5, 5.41) is 0. The molecule has 0 aliphatic carbocycles. The number of pyridine rings is 1. The molecule has 0 amide bonds. The number of imidazole rings is 1. The second-order valence-electron chi connectivity index (χ2n) is 5.63. The number of sulfonamides is 1. The molecule has 1 aliphatic heterocycles. The van der Waals surface area contributed by atoms with E-state index >= 15 is 0 Å². The Labute approximate surface area is 136 Å². The van der Waals surface area contributed by atoms with Gasteiger partial charge in [0.25, 0.3) is 0 Å². The summed E-state index contributed by atoms with van der Waals surface area (Å²) in [6.07, 6.45) is 1.23. The van der Waals surface area contributed by atoms with E-state index in [1.165, 1.54) is 0 Å². The van der Waals surface area contributed by atoms with Gasteiger partial charge in [0.2, 0.25) is 10.0 Å². The van der Waals surface area contributed by atoms with Crippen LogP contribution in [0.3, 0.4) is 0 Å². The number of nitrogens with zero attached hydrogens (tertiary/aromatic N) is 3. The fourth-order valence-electron chi connectivity index (χ4n) is 2.62. The number of hydrogen-bond donors (Lipinski definition) is 1. The molecular weight excluding hydrogens is 345 g/mol. The minimum Gasteiger partial charge on any atom is -0.335 e. The highest BCUT2D eigenvalue weighted by Crippen LogP contribution is 2.27. The molecule has 130 valence electrons. The van der Waals surface area contributed by atoms with Crippen LogP contribution in [0.4, 0.5) is 13.2 Å². The summed E-state index contributed by atoms with van der Waals surface area (Å²) in [7, 11) is -3.89. The van der Waals surface area contributed by atoms with Crippen LogP contribution >= 0.6 is 0 Å². The lowest BCUT2D eigenvalue weighted by atomic mass is 10.00. The molecule has 0 saturated carbocycles. The summed E-state index contributed by atoms with van der Waals surface area (Å²) >= 11 is 0. The zero-order chi connectivity index (χ0) is 17.4. The van der Waals surface area contributed by atoms with Crippen LogP contribution in [0.15, 0.2) is 35.6 Å². The Morgan fingerprint density at radius 2 is 2.08 bits per heavy atom. The van der Waals surface area contributed by atoms with Gasteiger partial charge in [-0.05, 0) is 24.5 Å². The lowest BCUT2D eigenvalue weighted by Crippen LogP contribution is -2.33. The van der Waals surface area contributed by atoms with Crippen molar-refractivity contribution in [1.29, 1.82) is 0 Å². The summed E-state index contributed by atoms with van der Waals surface area (Å²) in [4.78, 5) is 7.09. The Hall–Kier alpha value is -1.94. The molecule has 1 aliphatic rings. The van der Waals surface area contributed by atoms with E-state index in [0.29, 0.717) is 12.6 Å². The van der Waals surface area contributed by atoms with Crippen molar-refractivity contribution in [2.24, 2.45) is 5.92 Å². The largest absolute Gasteiger partial charge is 0.433 e. The van der Waals surface area contributed by atoms with Crippen LogP contribution in [0.5, 0.6) is 0 Å². The van der Waals surface area contributed by atoms with Crippen molar-refractivity contribution in [3.63, 3.8) is 0 Å². The molecule has 1 unspecified atom stereocenters. The van der Waals surface area contributed by atoms with Crippen LogP contribution in [0.1, 0.15) is 17.9 Å². The van der Waals surface area contributed by atoms with Crippen molar-refractivity contribution >= 4 is 10.0 Å². The summed E-state index contributed by atoms with van der Waals surface area (Å²) in [6, 6.07) is 1.57. The molecule has 0 spiro atoms. The minimum atomic E-state index is -4.60. The van der Waals surface area contributed by atoms with Crippen LogP contribution in [0, 0.1) is 5.92 Å². The fourth-order valence-corrected chi connectivity index (χ4v) is 3.68. The number of hydrogen-bond acceptors (Lipinski definition) is 4. The van der Waals surface area contributed by atoms with Gasteiger partial charge in [-0.2, -0.15) is 13.2 Å². The van der Waals surface area contributed by atoms with E-state index in [1.807, 2.05) is 10.8 Å². The number of alkyl halides is 3. The molecule has 0 radical (unpaired) electrons. The van der Waals surface area contributed by atoms with Gasteiger partial charge in [-0.25, -0.2) is 18.1 Å². The SMILES string of the molecule is O=S(=O)(NCC1CCc2nccn2C1)c1ccc(C(F)(F)F)nc1. The van der Waals surface area contributed by atoms with Crippen molar-refractivity contribution in [2.75, 3.05) is 6.54 Å². The number of aryl methyl sites for hydroxylation is 1. The first-order valence-electron chi connectivity index (χ1n) is 7.28. The van der Waals surface area contributed by atoms with Crippen LogP contribution in [-0.4, -0.2) is 29.5 Å². The highest BCUT2D eigenvalue weighted by Gasteiger charge is 2.32. The molecule has 2 aromatic heterocycles. The van der Waals surface area contributed by atoms with Gasteiger partial charge < -0.3 is 4.57 Å². The molecule has 1 atom stereocenters. The maximum Gasteiger partial charge on any atom is 0.433 e. The smallest absolute Gasteiger partial charge is 0.335 e. The van der Waals surface area contributed by atoms with E-state index in [2.05, 4.69) is 14.7 Å². The molecule has 10 heteroatoms. The molecule has 0 bridgehead atoms. The Balaban J connectivity index is 1.64. The van der Waals surface area contributed by atoms with Gasteiger partial charge in [-0.15, -0.1) is 0 Å². The maximum atomic E-state index is 12.5. The second-order valence-corrected chi connectivity index (χ2v) is 7.40. The lowest BCUT2D eigenvalue weighted by Gasteiger charge is -2.23. The minimum absolute atomic E-state index is 0.101. The van der Waals surface area contributed by atoms with Crippen molar-refractivity contribution in [3.8, 4) is 0 Å². The Kier molecular flexibility index (Phi) is 4.35. The highest BCUT2D eigenvalue weighted by atomic mass is 32.2. The lowest BCUT2D eigenvalue weighted by molar-refractivity contribution is -0.141. The van der Waals surface area contributed by atoms with E-state index in [0.717, 1.165) is 30.9 Å². The number of aromatic nitrogens is 3. The Bertz CT molecular complexity index is 815. The first-order valence-corrected chi connectivity index (χ1v) is 8.77. The van der Waals surface area contributed by atoms with Crippen molar-refractivity contribution in [2.45, 2.75) is 30.5 Å². The Morgan fingerprint density at radius 3 is 2.75 bits per heavy atom. The quantitative estimate of drug-likeness (QED) is 0.903. The molecule has 3 heterocycles. The number of halogens is 3. The fraction of sp³-hybridized carbons (Fsp3) is 0.429. The van der Waals surface area contributed by atoms with Crippen molar-refractivity contribution < 1.29 is 21.6 Å². The van der Waals surface area contributed by atoms with Crippen LogP contribution in [-0.2, 0) is 29.2 Å². The standard InChI is InChI=1S/C14H15F3N4O2S/c15-14(16,17)12-3-2-11(8-19-12)24(22,23)20-7-10-1-4-13-18-5-6-21(13)9-10/h2-3,5-6,8,10,20H,1,4,7,9H2. The average molecular weight is 360 g/mol. The van der Waals surface area contributed by atoms with Gasteiger partial charge in [0.1, 0.15) is 16.4 Å². The summed E-state index contributed by atoms with van der Waals surface area (Å²) in [6.45, 7) is 0.865. The van der Waals surface area contributed by atoms with Crippen LogP contribution < -0.4 is 4.72 Å². The first-order chi connectivity index (χ1) is 11.3. The molecule has 2 aromatic rings. The first kappa shape index (κ1) is 16.9. The molecule has 0 aromatic carbocycles. The van der Waals surface area contributed by atoms with Crippen LogP contribution in [0.2, 0.25) is 0 Å². The van der Waals surface area contributed by atoms with Crippen LogP contribution in [0.25, 0.3) is 0 Å². The average Bonchev–Trinajstić information content (AvgIpc) is 3.00. The van der Waals surface area contributed by atoms with Gasteiger partial charge in [-0.3, -0.25) is 4.98 Å². The molecule has 3 rings (SSSR count). The number of rotatable bonds is 4. The Morgan fingerprint density at radius 1 is 1.29 bits per heavy atom. The summed E-state index contributed by atoms with van der Waals surface area (Å²) in [5.74, 6) is 1.07. The third kappa shape index (κ3) is 3.59. The van der Waals surface area contributed by atoms with Gasteiger partial charge in [0.15, 0.2) is 0 Å². The molecule has 1 N–H and O–H groups in total. The van der Waals surface area contributed by atoms with Crippen molar-refractivity contribution in [1.82, 2.24) is 19.3 Å². The van der Waals surface area contributed by atoms with E-state index < -0.39 is 21.9 Å². The van der Waals surface area contributed by atoms with E-state index in [1.54, 1.807) is 6.20 Å². The van der Waals surface area contributed by atoms with Gasteiger partial charge in [0.05, 0.1) is 0 Å². The molecule has 0 fully saturated rings. The van der Waals surface area contributed by atoms with E-state index in [-0.39, 0.29) is 17.4 Å². The third-order valence-corrected chi connectivity index (χ3v) is 5.34. The maximum absolute atomic E-state index is 12.5. The van der Waals surface area contributed by atoms with Gasteiger partial charge >= 0.3 is 6.18 Å². The van der Waals surface area contributed by atoms with Crippen molar-refractivity contribution in [3.05, 3.63) is 42.2 Å². The predicted octanol–water partition coefficient (Wildman–Crippen LogP) is 1.84. The van der Waals surface area contributed by atoms with E-state index in [9.17, 15) is 21.6 Å². The normalized spacial score (nSPS) is 18.4. The van der Waals surface area contributed by atoms with Gasteiger partial charge in [0, 0.05) is 38.1 Å². The number of nitrogens with one attached hydrogen (secondary N) is 1. The van der Waals surface area contributed by atoms with E-state index in [4.69, 9.17) is 0 Å². The zero-order valence-electron chi connectivity index (χ0n) is 12.5. The monoisotopic (exact) mass is 360 g/mol. The summed E-state index contributed by atoms with van der Waals surface area (Å²) in [5.41, 5.74) is -1.12. The molecular formula is C14H15F3N4O2S. The molecule has 0 saturated heterocycles. The predicted molar refractivity (Wildman–Crippen MR) is 78.5 cm³/mol. The summed E-state index contributed by atoms with van der Waals surface area (Å²) < 4.78 is 66.2. The second kappa shape index (κ2) is 6.17. The third-order valence-electron chi connectivity index (χ3n) is 3.93. The number of fused-ring (bicyclic) bond motifs is 1. The van der Waals surface area contributed by atoms with Gasteiger partial charge in [-0.1, -0.05) is 0 Å². The topological polar surface area (TPSA) is 76.9 Å². The highest BCUT2D eigenvalue weighted by molar-refractivity contribution is 7.89. The molecule has 24 heavy (non-hydrogen) atoms. The molecule has 6 nitrogen and oxygen atoms in total.